The number of halogens is 3. The van der Waals surface area contributed by atoms with Gasteiger partial charge in [-0.1, -0.05) is 12.1 Å². The summed E-state index contributed by atoms with van der Waals surface area (Å²) in [7, 11) is -5.90. The molecule has 0 fully saturated rings. The molecule has 0 spiro atoms. The molecular formula is C19H15F3O6S. The van der Waals surface area contributed by atoms with Gasteiger partial charge in [-0.3, -0.25) is 0 Å². The number of aryl methyl sites for hydroxylation is 1. The summed E-state index contributed by atoms with van der Waals surface area (Å²) < 4.78 is 76.5. The summed E-state index contributed by atoms with van der Waals surface area (Å²) in [5, 5.41) is 0.242. The Labute approximate surface area is 163 Å². The zero-order valence-electron chi connectivity index (χ0n) is 15.2. The van der Waals surface area contributed by atoms with Crippen LogP contribution in [0.1, 0.15) is 12.5 Å². The summed E-state index contributed by atoms with van der Waals surface area (Å²) in [6.45, 7) is 3.74. The molecular weight excluding hydrogens is 413 g/mol. The Hall–Kier alpha value is -3.01. The maximum absolute atomic E-state index is 12.8. The molecule has 0 amide bonds. The van der Waals surface area contributed by atoms with Crippen molar-refractivity contribution in [1.29, 1.82) is 0 Å². The summed E-state index contributed by atoms with van der Waals surface area (Å²) >= 11 is 0. The highest BCUT2D eigenvalue weighted by Crippen LogP contribution is 2.38. The summed E-state index contributed by atoms with van der Waals surface area (Å²) in [4.78, 5) is 11.7. The Kier molecular flexibility index (Phi) is 5.31. The van der Waals surface area contributed by atoms with Gasteiger partial charge in [-0.2, -0.15) is 21.6 Å². The summed E-state index contributed by atoms with van der Waals surface area (Å²) in [6.07, 6.45) is 0. The Morgan fingerprint density at radius 3 is 2.31 bits per heavy atom. The molecule has 0 N–H and O–H groups in total. The van der Waals surface area contributed by atoms with E-state index < -0.39 is 27.0 Å². The van der Waals surface area contributed by atoms with E-state index in [1.165, 1.54) is 25.1 Å². The smallest absolute Gasteiger partial charge is 0.494 e. The highest BCUT2D eigenvalue weighted by molar-refractivity contribution is 7.88. The van der Waals surface area contributed by atoms with E-state index >= 15 is 0 Å². The number of alkyl halides is 3. The van der Waals surface area contributed by atoms with Crippen molar-refractivity contribution in [2.75, 3.05) is 6.61 Å². The third-order valence-electron chi connectivity index (χ3n) is 4.01. The molecule has 154 valence electrons. The Morgan fingerprint density at radius 1 is 1.07 bits per heavy atom. The third kappa shape index (κ3) is 4.21. The molecule has 2 aromatic carbocycles. The Morgan fingerprint density at radius 2 is 1.72 bits per heavy atom. The second-order valence-corrected chi connectivity index (χ2v) is 7.57. The summed E-state index contributed by atoms with van der Waals surface area (Å²) in [6, 6.07) is 9.68. The zero-order valence-corrected chi connectivity index (χ0v) is 16.1. The lowest BCUT2D eigenvalue weighted by Gasteiger charge is -2.15. The normalized spacial score (nSPS) is 12.2. The van der Waals surface area contributed by atoms with Crippen LogP contribution < -0.4 is 14.5 Å². The molecule has 0 aliphatic carbocycles. The minimum absolute atomic E-state index is 0.00197. The molecule has 0 unspecified atom stereocenters. The number of hydrogen-bond donors (Lipinski definition) is 0. The molecule has 0 aliphatic heterocycles. The minimum atomic E-state index is -5.90. The van der Waals surface area contributed by atoms with Gasteiger partial charge >= 0.3 is 21.3 Å². The predicted molar refractivity (Wildman–Crippen MR) is 99.4 cm³/mol. The minimum Gasteiger partial charge on any atom is -0.494 e. The average Bonchev–Trinajstić information content (AvgIpc) is 2.61. The first kappa shape index (κ1) is 20.7. The lowest BCUT2D eigenvalue weighted by Crippen LogP contribution is -2.28. The van der Waals surface area contributed by atoms with Gasteiger partial charge < -0.3 is 13.3 Å². The first-order chi connectivity index (χ1) is 13.5. The largest absolute Gasteiger partial charge is 0.534 e. The van der Waals surface area contributed by atoms with Crippen LogP contribution in [-0.4, -0.2) is 20.5 Å². The van der Waals surface area contributed by atoms with E-state index in [1.807, 2.05) is 0 Å². The predicted octanol–water partition coefficient (Wildman–Crippen LogP) is 4.40. The van der Waals surface area contributed by atoms with Gasteiger partial charge in [0.15, 0.2) is 5.75 Å². The van der Waals surface area contributed by atoms with Crippen molar-refractivity contribution in [2.24, 2.45) is 0 Å². The Balaban J connectivity index is 2.23. The molecule has 0 saturated carbocycles. The fraction of sp³-hybridized carbons (Fsp3) is 0.211. The topological polar surface area (TPSA) is 82.8 Å². The van der Waals surface area contributed by atoms with Crippen LogP contribution in [0.2, 0.25) is 0 Å². The molecule has 0 radical (unpaired) electrons. The molecule has 0 aliphatic rings. The Bertz CT molecular complexity index is 1210. The SMILES string of the molecule is CCOc1ccc(-c2cc3oc(=O)cc(C)c3cc2OS(=O)(=O)C(F)(F)F)cc1. The van der Waals surface area contributed by atoms with Crippen molar-refractivity contribution in [2.45, 2.75) is 19.4 Å². The van der Waals surface area contributed by atoms with Gasteiger partial charge in [0.05, 0.1) is 6.61 Å². The van der Waals surface area contributed by atoms with Crippen LogP contribution in [0.3, 0.4) is 0 Å². The van der Waals surface area contributed by atoms with Crippen LogP contribution in [0.25, 0.3) is 22.1 Å². The molecule has 1 aromatic heterocycles. The van der Waals surface area contributed by atoms with Crippen molar-refractivity contribution in [3.8, 4) is 22.6 Å². The maximum Gasteiger partial charge on any atom is 0.534 e. The van der Waals surface area contributed by atoms with E-state index in [2.05, 4.69) is 4.18 Å². The quantitative estimate of drug-likeness (QED) is 0.340. The highest BCUT2D eigenvalue weighted by Gasteiger charge is 2.48. The second-order valence-electron chi connectivity index (χ2n) is 6.03. The molecule has 3 aromatic rings. The fourth-order valence-electron chi connectivity index (χ4n) is 2.70. The number of rotatable bonds is 5. The van der Waals surface area contributed by atoms with E-state index in [0.717, 1.165) is 12.1 Å². The van der Waals surface area contributed by atoms with Crippen molar-refractivity contribution < 1.29 is 34.9 Å². The first-order valence-corrected chi connectivity index (χ1v) is 9.75. The monoisotopic (exact) mass is 428 g/mol. The van der Waals surface area contributed by atoms with Crippen molar-refractivity contribution >= 4 is 21.1 Å². The van der Waals surface area contributed by atoms with Crippen molar-refractivity contribution in [1.82, 2.24) is 0 Å². The molecule has 1 heterocycles. The molecule has 29 heavy (non-hydrogen) atoms. The van der Waals surface area contributed by atoms with Gasteiger partial charge in [0.1, 0.15) is 11.3 Å². The average molecular weight is 428 g/mol. The summed E-state index contributed by atoms with van der Waals surface area (Å²) in [5.74, 6) is -0.0271. The van der Waals surface area contributed by atoms with E-state index in [-0.39, 0.29) is 16.5 Å². The maximum atomic E-state index is 12.8. The van der Waals surface area contributed by atoms with Crippen LogP contribution in [0.15, 0.2) is 51.7 Å². The lowest BCUT2D eigenvalue weighted by atomic mass is 10.0. The fourth-order valence-corrected chi connectivity index (χ4v) is 3.17. The van der Waals surface area contributed by atoms with E-state index in [9.17, 15) is 26.4 Å². The molecule has 0 atom stereocenters. The van der Waals surface area contributed by atoms with Crippen LogP contribution in [0.4, 0.5) is 13.2 Å². The van der Waals surface area contributed by atoms with E-state index in [1.54, 1.807) is 19.1 Å². The van der Waals surface area contributed by atoms with Gasteiger partial charge in [0.2, 0.25) is 0 Å². The van der Waals surface area contributed by atoms with E-state index in [0.29, 0.717) is 23.5 Å². The summed E-state index contributed by atoms with van der Waals surface area (Å²) in [5.41, 5.74) is -5.44. The molecule has 3 rings (SSSR count). The van der Waals surface area contributed by atoms with Crippen LogP contribution in [0, 0.1) is 6.92 Å². The molecule has 6 nitrogen and oxygen atoms in total. The number of hydrogen-bond acceptors (Lipinski definition) is 6. The van der Waals surface area contributed by atoms with Crippen LogP contribution in [0.5, 0.6) is 11.5 Å². The highest BCUT2D eigenvalue weighted by atomic mass is 32.2. The standard InChI is InChI=1S/C19H15F3O6S/c1-3-26-13-6-4-12(5-7-13)15-10-16-14(11(2)8-18(23)27-16)9-17(15)28-29(24,25)19(20,21)22/h4-10H,3H2,1-2H3. The zero-order chi connectivity index (χ0) is 21.4. The third-order valence-corrected chi connectivity index (χ3v) is 4.98. The van der Waals surface area contributed by atoms with Crippen LogP contribution in [-0.2, 0) is 10.1 Å². The molecule has 0 bridgehead atoms. The molecule has 10 heteroatoms. The lowest BCUT2D eigenvalue weighted by molar-refractivity contribution is -0.0499. The van der Waals surface area contributed by atoms with Gasteiger partial charge in [-0.05, 0) is 49.2 Å². The van der Waals surface area contributed by atoms with Crippen molar-refractivity contribution in [3.05, 3.63) is 58.4 Å². The number of ether oxygens (including phenoxy) is 1. The van der Waals surface area contributed by atoms with Gasteiger partial charge in [-0.15, -0.1) is 0 Å². The number of fused-ring (bicyclic) bond motifs is 1. The van der Waals surface area contributed by atoms with Crippen molar-refractivity contribution in [3.63, 3.8) is 0 Å². The van der Waals surface area contributed by atoms with Gasteiger partial charge in [0, 0.05) is 17.0 Å². The van der Waals surface area contributed by atoms with Crippen LogP contribution >= 0.6 is 0 Å². The van der Waals surface area contributed by atoms with Gasteiger partial charge in [0.25, 0.3) is 0 Å². The number of benzene rings is 2. The van der Waals surface area contributed by atoms with E-state index in [4.69, 9.17) is 9.15 Å². The first-order valence-electron chi connectivity index (χ1n) is 8.34. The second kappa shape index (κ2) is 7.43. The molecule has 0 saturated heterocycles. The van der Waals surface area contributed by atoms with Gasteiger partial charge in [-0.25, -0.2) is 4.79 Å².